The molecule has 1 N–H and O–H groups in total. The van der Waals surface area contributed by atoms with Gasteiger partial charge >= 0.3 is 0 Å². The van der Waals surface area contributed by atoms with Gasteiger partial charge in [0.25, 0.3) is 0 Å². The Morgan fingerprint density at radius 1 is 1.29 bits per heavy atom. The van der Waals surface area contributed by atoms with Gasteiger partial charge in [-0.25, -0.2) is 0 Å². The molecular formula is C15H31NS. The highest BCUT2D eigenvalue weighted by Gasteiger charge is 2.28. The van der Waals surface area contributed by atoms with Crippen LogP contribution in [-0.4, -0.2) is 23.6 Å². The van der Waals surface area contributed by atoms with Crippen molar-refractivity contribution in [2.24, 2.45) is 11.8 Å². The van der Waals surface area contributed by atoms with Crippen molar-refractivity contribution in [3.63, 3.8) is 0 Å². The summed E-state index contributed by atoms with van der Waals surface area (Å²) in [7, 11) is 0. The van der Waals surface area contributed by atoms with Crippen molar-refractivity contribution in [3.8, 4) is 0 Å². The number of hydrogen-bond donors (Lipinski definition) is 1. The first kappa shape index (κ1) is 15.4. The summed E-state index contributed by atoms with van der Waals surface area (Å²) in [6.45, 7) is 10.5. The molecule has 17 heavy (non-hydrogen) atoms. The Kier molecular flexibility index (Phi) is 7.61. The van der Waals surface area contributed by atoms with E-state index in [-0.39, 0.29) is 0 Å². The van der Waals surface area contributed by atoms with Crippen LogP contribution in [0.15, 0.2) is 0 Å². The quantitative estimate of drug-likeness (QED) is 0.729. The average Bonchev–Trinajstić information content (AvgIpc) is 2.27. The Balaban J connectivity index is 2.32. The van der Waals surface area contributed by atoms with E-state index in [9.17, 15) is 0 Å². The fraction of sp³-hybridized carbons (Fsp3) is 1.00. The van der Waals surface area contributed by atoms with E-state index in [4.69, 9.17) is 0 Å². The third kappa shape index (κ3) is 6.15. The molecule has 0 heterocycles. The van der Waals surface area contributed by atoms with Gasteiger partial charge in [0.1, 0.15) is 0 Å². The topological polar surface area (TPSA) is 12.0 Å². The molecule has 1 nitrogen and oxygen atoms in total. The molecule has 0 saturated heterocycles. The molecule has 1 fully saturated rings. The first-order chi connectivity index (χ1) is 8.13. The molecule has 1 aliphatic carbocycles. The molecule has 0 aromatic rings. The molecule has 0 aromatic heterocycles. The summed E-state index contributed by atoms with van der Waals surface area (Å²) >= 11 is 2.23. The molecule has 2 heteroatoms. The minimum Gasteiger partial charge on any atom is -0.313 e. The Morgan fingerprint density at radius 2 is 2.06 bits per heavy atom. The lowest BCUT2D eigenvalue weighted by atomic mass is 9.87. The summed E-state index contributed by atoms with van der Waals surface area (Å²) in [5, 5.41) is 4.62. The maximum atomic E-state index is 3.76. The maximum absolute atomic E-state index is 3.76. The van der Waals surface area contributed by atoms with E-state index in [1.807, 2.05) is 0 Å². The second-order valence-corrected chi connectivity index (χ2v) is 7.42. The van der Waals surface area contributed by atoms with Gasteiger partial charge in [-0.15, -0.1) is 0 Å². The minimum atomic E-state index is 0.781. The van der Waals surface area contributed by atoms with Crippen LogP contribution in [0, 0.1) is 11.8 Å². The summed E-state index contributed by atoms with van der Waals surface area (Å²) < 4.78 is 0. The lowest BCUT2D eigenvalue weighted by Gasteiger charge is -2.35. The molecule has 1 aliphatic rings. The minimum absolute atomic E-state index is 0.781. The van der Waals surface area contributed by atoms with Crippen molar-refractivity contribution in [2.45, 2.75) is 71.1 Å². The van der Waals surface area contributed by atoms with E-state index < -0.39 is 0 Å². The molecular weight excluding hydrogens is 226 g/mol. The summed E-state index contributed by atoms with van der Waals surface area (Å²) in [5.74, 6) is 3.14. The lowest BCUT2D eigenvalue weighted by molar-refractivity contribution is 0.317. The first-order valence-corrected chi connectivity index (χ1v) is 8.53. The zero-order valence-electron chi connectivity index (χ0n) is 12.2. The normalized spacial score (nSPS) is 29.8. The third-order valence-electron chi connectivity index (χ3n) is 3.74. The molecule has 0 amide bonds. The van der Waals surface area contributed by atoms with Gasteiger partial charge in [0, 0.05) is 11.3 Å². The molecule has 1 rings (SSSR count). The molecule has 0 aromatic carbocycles. The highest BCUT2D eigenvalue weighted by molar-refractivity contribution is 7.99. The molecule has 1 saturated carbocycles. The summed E-state index contributed by atoms with van der Waals surface area (Å²) in [6, 6.07) is 0.781. The van der Waals surface area contributed by atoms with Crippen molar-refractivity contribution in [3.05, 3.63) is 0 Å². The molecule has 102 valence electrons. The van der Waals surface area contributed by atoms with E-state index in [0.29, 0.717) is 0 Å². The number of rotatable bonds is 7. The van der Waals surface area contributed by atoms with Crippen LogP contribution < -0.4 is 5.32 Å². The van der Waals surface area contributed by atoms with Crippen molar-refractivity contribution < 1.29 is 0 Å². The molecule has 0 radical (unpaired) electrons. The van der Waals surface area contributed by atoms with Crippen molar-refractivity contribution in [1.29, 1.82) is 0 Å². The Hall–Kier alpha value is 0.310. The summed E-state index contributed by atoms with van der Waals surface area (Å²) in [4.78, 5) is 0. The maximum Gasteiger partial charge on any atom is 0.0203 e. The van der Waals surface area contributed by atoms with Crippen LogP contribution in [-0.2, 0) is 0 Å². The van der Waals surface area contributed by atoms with E-state index in [0.717, 1.165) is 23.1 Å². The summed E-state index contributed by atoms with van der Waals surface area (Å²) in [5.41, 5.74) is 0. The van der Waals surface area contributed by atoms with Crippen LogP contribution in [0.2, 0.25) is 0 Å². The predicted octanol–water partition coefficient (Wildman–Crippen LogP) is 4.32. The smallest absolute Gasteiger partial charge is 0.0203 e. The van der Waals surface area contributed by atoms with Gasteiger partial charge in [0.2, 0.25) is 0 Å². The zero-order valence-corrected chi connectivity index (χ0v) is 13.0. The molecule has 0 bridgehead atoms. The second-order valence-electron chi connectivity index (χ2n) is 6.07. The van der Waals surface area contributed by atoms with Gasteiger partial charge < -0.3 is 5.32 Å². The Morgan fingerprint density at radius 3 is 2.71 bits per heavy atom. The van der Waals surface area contributed by atoms with Gasteiger partial charge in [0.05, 0.1) is 0 Å². The largest absolute Gasteiger partial charge is 0.313 e. The van der Waals surface area contributed by atoms with Gasteiger partial charge in [-0.3, -0.25) is 0 Å². The highest BCUT2D eigenvalue weighted by Crippen LogP contribution is 2.33. The van der Waals surface area contributed by atoms with Crippen LogP contribution in [0.1, 0.15) is 59.8 Å². The molecule has 0 aliphatic heterocycles. The van der Waals surface area contributed by atoms with Crippen LogP contribution >= 0.6 is 11.8 Å². The SMILES string of the molecule is CCCNC1CCC(C)CC1SCCC(C)C. The zero-order chi connectivity index (χ0) is 12.7. The number of nitrogens with one attached hydrogen (secondary N) is 1. The fourth-order valence-corrected chi connectivity index (χ4v) is 4.37. The van der Waals surface area contributed by atoms with Crippen molar-refractivity contribution >= 4 is 11.8 Å². The standard InChI is InChI=1S/C15H31NS/c1-5-9-16-14-7-6-13(4)11-15(14)17-10-8-12(2)3/h12-16H,5-11H2,1-4H3. The predicted molar refractivity (Wildman–Crippen MR) is 80.8 cm³/mol. The molecule has 3 atom stereocenters. The monoisotopic (exact) mass is 257 g/mol. The fourth-order valence-electron chi connectivity index (χ4n) is 2.53. The van der Waals surface area contributed by atoms with Crippen LogP contribution in [0.4, 0.5) is 0 Å². The number of thioether (sulfide) groups is 1. The van der Waals surface area contributed by atoms with Crippen LogP contribution in [0.5, 0.6) is 0 Å². The van der Waals surface area contributed by atoms with Crippen LogP contribution in [0.3, 0.4) is 0 Å². The Bertz CT molecular complexity index is 191. The van der Waals surface area contributed by atoms with Gasteiger partial charge in [-0.1, -0.05) is 27.7 Å². The third-order valence-corrected chi connectivity index (χ3v) is 5.16. The Labute approximate surface area is 113 Å². The van der Waals surface area contributed by atoms with Gasteiger partial charge in [-0.05, 0) is 56.2 Å². The van der Waals surface area contributed by atoms with E-state index in [1.54, 1.807) is 0 Å². The van der Waals surface area contributed by atoms with Gasteiger partial charge in [0.15, 0.2) is 0 Å². The van der Waals surface area contributed by atoms with Gasteiger partial charge in [-0.2, -0.15) is 11.8 Å². The van der Waals surface area contributed by atoms with Crippen LogP contribution in [0.25, 0.3) is 0 Å². The summed E-state index contributed by atoms with van der Waals surface area (Å²) in [6.07, 6.45) is 6.86. The second kappa shape index (κ2) is 8.42. The van der Waals surface area contributed by atoms with E-state index in [1.165, 1.54) is 44.4 Å². The molecule has 3 unspecified atom stereocenters. The molecule has 0 spiro atoms. The first-order valence-electron chi connectivity index (χ1n) is 7.48. The number of hydrogen-bond acceptors (Lipinski definition) is 2. The van der Waals surface area contributed by atoms with Crippen molar-refractivity contribution in [2.75, 3.05) is 12.3 Å². The lowest BCUT2D eigenvalue weighted by Crippen LogP contribution is -2.42. The average molecular weight is 257 g/mol. The van der Waals surface area contributed by atoms with E-state index >= 15 is 0 Å². The van der Waals surface area contributed by atoms with E-state index in [2.05, 4.69) is 44.8 Å². The highest BCUT2D eigenvalue weighted by atomic mass is 32.2. The van der Waals surface area contributed by atoms with Crippen molar-refractivity contribution in [1.82, 2.24) is 5.32 Å².